The summed E-state index contributed by atoms with van der Waals surface area (Å²) >= 11 is 0. The Morgan fingerprint density at radius 1 is 0.467 bits per heavy atom. The Kier molecular flexibility index (Phi) is 21.3. The molecule has 0 unspecified atom stereocenters. The van der Waals surface area contributed by atoms with E-state index in [4.69, 9.17) is 5.73 Å². The Morgan fingerprint density at radius 3 is 0.933 bits per heavy atom. The molecule has 180 valence electrons. The summed E-state index contributed by atoms with van der Waals surface area (Å²) in [5.74, 6) is -0.00689. The molecule has 2 nitrogen and oxygen atoms in total. The van der Waals surface area contributed by atoms with E-state index in [0.717, 1.165) is 19.3 Å². The van der Waals surface area contributed by atoms with E-state index in [9.17, 15) is 4.79 Å². The molecule has 2 heteroatoms. The van der Waals surface area contributed by atoms with Crippen molar-refractivity contribution in [3.8, 4) is 0 Å². The molecule has 0 aromatic rings. The number of carbonyl (C=O) groups excluding carboxylic acids is 1. The third-order valence-electron chi connectivity index (χ3n) is 7.05. The second-order valence-corrected chi connectivity index (χ2v) is 9.90. The average molecular weight is 424 g/mol. The van der Waals surface area contributed by atoms with Crippen LogP contribution in [0, 0.1) is 5.41 Å². The quantitative estimate of drug-likeness (QED) is 0.154. The Bertz CT molecular complexity index is 350. The summed E-state index contributed by atoms with van der Waals surface area (Å²) < 4.78 is 0. The largest absolute Gasteiger partial charge is 0.369 e. The van der Waals surface area contributed by atoms with E-state index < -0.39 is 0 Å². The molecule has 1 amide bonds. The first-order valence-electron chi connectivity index (χ1n) is 13.9. The Balaban J connectivity index is 4.43. The first-order chi connectivity index (χ1) is 14.6. The standard InChI is InChI=1S/C28H57NO/c1-4-7-10-13-16-17-20-23-26-28(27(29)30,24-21-18-14-11-8-5-2)25-22-19-15-12-9-6-3/h4-26H2,1-3H3,(H2,29,30). The van der Waals surface area contributed by atoms with Gasteiger partial charge in [-0.25, -0.2) is 0 Å². The van der Waals surface area contributed by atoms with Gasteiger partial charge in [-0.05, 0) is 19.3 Å². The van der Waals surface area contributed by atoms with Gasteiger partial charge in [-0.15, -0.1) is 0 Å². The predicted octanol–water partition coefficient (Wildman–Crippen LogP) is 9.49. The number of amides is 1. The zero-order valence-electron chi connectivity index (χ0n) is 21.2. The molecule has 0 heterocycles. The van der Waals surface area contributed by atoms with Gasteiger partial charge < -0.3 is 5.73 Å². The Labute approximate surface area is 190 Å². The van der Waals surface area contributed by atoms with Crippen LogP contribution in [0.4, 0.5) is 0 Å². The summed E-state index contributed by atoms with van der Waals surface area (Å²) in [7, 11) is 0. The summed E-state index contributed by atoms with van der Waals surface area (Å²) in [5.41, 5.74) is 5.83. The van der Waals surface area contributed by atoms with Crippen molar-refractivity contribution in [2.24, 2.45) is 11.1 Å². The van der Waals surface area contributed by atoms with E-state index >= 15 is 0 Å². The minimum atomic E-state index is -0.224. The van der Waals surface area contributed by atoms with Crippen LogP contribution < -0.4 is 5.73 Å². The van der Waals surface area contributed by atoms with Gasteiger partial charge in [-0.2, -0.15) is 0 Å². The lowest BCUT2D eigenvalue weighted by atomic mass is 9.73. The molecule has 0 saturated heterocycles. The third-order valence-corrected chi connectivity index (χ3v) is 7.05. The molecule has 30 heavy (non-hydrogen) atoms. The Morgan fingerprint density at radius 2 is 0.700 bits per heavy atom. The molecular weight excluding hydrogens is 366 g/mol. The molecular formula is C28H57NO. The van der Waals surface area contributed by atoms with Crippen LogP contribution in [0.3, 0.4) is 0 Å². The summed E-state index contributed by atoms with van der Waals surface area (Å²) in [5, 5.41) is 0. The molecule has 0 spiro atoms. The van der Waals surface area contributed by atoms with Gasteiger partial charge in [0.25, 0.3) is 0 Å². The van der Waals surface area contributed by atoms with Gasteiger partial charge in [0.1, 0.15) is 0 Å². The maximum Gasteiger partial charge on any atom is 0.223 e. The van der Waals surface area contributed by atoms with Crippen molar-refractivity contribution in [2.75, 3.05) is 0 Å². The predicted molar refractivity (Wildman–Crippen MR) is 135 cm³/mol. The minimum absolute atomic E-state index is 0.00689. The van der Waals surface area contributed by atoms with Gasteiger partial charge >= 0.3 is 0 Å². The van der Waals surface area contributed by atoms with Gasteiger partial charge in [-0.1, -0.05) is 149 Å². The Hall–Kier alpha value is -0.530. The average Bonchev–Trinajstić information content (AvgIpc) is 2.74. The number of primary amides is 1. The molecule has 0 aliphatic heterocycles. The maximum atomic E-state index is 12.6. The van der Waals surface area contributed by atoms with Crippen molar-refractivity contribution in [1.29, 1.82) is 0 Å². The van der Waals surface area contributed by atoms with Crippen LogP contribution in [0.15, 0.2) is 0 Å². The normalized spacial score (nSPS) is 11.8. The number of hydrogen-bond donors (Lipinski definition) is 1. The fourth-order valence-corrected chi connectivity index (χ4v) is 4.83. The molecule has 0 aromatic carbocycles. The van der Waals surface area contributed by atoms with Crippen LogP contribution >= 0.6 is 0 Å². The first-order valence-corrected chi connectivity index (χ1v) is 13.9. The van der Waals surface area contributed by atoms with Gasteiger partial charge in [0.15, 0.2) is 0 Å². The van der Waals surface area contributed by atoms with Crippen molar-refractivity contribution in [3.05, 3.63) is 0 Å². The van der Waals surface area contributed by atoms with Crippen LogP contribution in [-0.2, 0) is 4.79 Å². The molecule has 0 atom stereocenters. The summed E-state index contributed by atoms with van der Waals surface area (Å²) in [6, 6.07) is 0. The number of carbonyl (C=O) groups is 1. The second kappa shape index (κ2) is 21.7. The zero-order chi connectivity index (χ0) is 22.3. The van der Waals surface area contributed by atoms with Gasteiger partial charge in [0.2, 0.25) is 5.91 Å². The van der Waals surface area contributed by atoms with Crippen molar-refractivity contribution in [3.63, 3.8) is 0 Å². The van der Waals surface area contributed by atoms with Gasteiger partial charge in [0, 0.05) is 5.41 Å². The fourth-order valence-electron chi connectivity index (χ4n) is 4.83. The van der Waals surface area contributed by atoms with Crippen LogP contribution in [0.5, 0.6) is 0 Å². The molecule has 0 radical (unpaired) electrons. The third kappa shape index (κ3) is 16.2. The highest BCUT2D eigenvalue weighted by molar-refractivity contribution is 5.80. The highest BCUT2D eigenvalue weighted by Crippen LogP contribution is 2.37. The lowest BCUT2D eigenvalue weighted by molar-refractivity contribution is -0.129. The summed E-state index contributed by atoms with van der Waals surface area (Å²) in [6.45, 7) is 6.81. The SMILES string of the molecule is CCCCCCCCCCC(CCCCCCCC)(CCCCCCCC)C(N)=O. The van der Waals surface area contributed by atoms with Gasteiger partial charge in [-0.3, -0.25) is 4.79 Å². The number of rotatable bonds is 24. The van der Waals surface area contributed by atoms with E-state index in [1.165, 1.54) is 128 Å². The van der Waals surface area contributed by atoms with Crippen LogP contribution in [0.25, 0.3) is 0 Å². The van der Waals surface area contributed by atoms with Crippen molar-refractivity contribution >= 4 is 5.91 Å². The lowest BCUT2D eigenvalue weighted by Gasteiger charge is -2.31. The zero-order valence-corrected chi connectivity index (χ0v) is 21.2. The van der Waals surface area contributed by atoms with Crippen LogP contribution in [-0.4, -0.2) is 5.91 Å². The number of hydrogen-bond acceptors (Lipinski definition) is 1. The van der Waals surface area contributed by atoms with E-state index in [-0.39, 0.29) is 11.3 Å². The van der Waals surface area contributed by atoms with E-state index in [2.05, 4.69) is 20.8 Å². The van der Waals surface area contributed by atoms with E-state index in [0.29, 0.717) is 0 Å². The molecule has 0 saturated carbocycles. The topological polar surface area (TPSA) is 43.1 Å². The molecule has 0 aliphatic rings. The molecule has 0 rings (SSSR count). The van der Waals surface area contributed by atoms with Crippen molar-refractivity contribution in [2.45, 2.75) is 168 Å². The smallest absolute Gasteiger partial charge is 0.223 e. The monoisotopic (exact) mass is 423 g/mol. The lowest BCUT2D eigenvalue weighted by Crippen LogP contribution is -2.37. The first kappa shape index (κ1) is 29.5. The maximum absolute atomic E-state index is 12.6. The van der Waals surface area contributed by atoms with Gasteiger partial charge in [0.05, 0.1) is 0 Å². The van der Waals surface area contributed by atoms with Crippen molar-refractivity contribution in [1.82, 2.24) is 0 Å². The van der Waals surface area contributed by atoms with E-state index in [1.54, 1.807) is 0 Å². The fraction of sp³-hybridized carbons (Fsp3) is 0.964. The van der Waals surface area contributed by atoms with Crippen molar-refractivity contribution < 1.29 is 4.79 Å². The summed E-state index contributed by atoms with van der Waals surface area (Å²) in [6.07, 6.45) is 29.2. The van der Waals surface area contributed by atoms with Crippen LogP contribution in [0.2, 0.25) is 0 Å². The number of unbranched alkanes of at least 4 members (excludes halogenated alkanes) is 17. The molecule has 0 aliphatic carbocycles. The van der Waals surface area contributed by atoms with E-state index in [1.807, 2.05) is 0 Å². The molecule has 0 aromatic heterocycles. The number of nitrogens with two attached hydrogens (primary N) is 1. The van der Waals surface area contributed by atoms with Crippen LogP contribution in [0.1, 0.15) is 168 Å². The summed E-state index contributed by atoms with van der Waals surface area (Å²) in [4.78, 5) is 12.6. The molecule has 2 N–H and O–H groups in total. The highest BCUT2D eigenvalue weighted by Gasteiger charge is 2.34. The second-order valence-electron chi connectivity index (χ2n) is 9.90. The molecule has 0 bridgehead atoms. The molecule has 0 fully saturated rings. The minimum Gasteiger partial charge on any atom is -0.369 e. The highest BCUT2D eigenvalue weighted by atomic mass is 16.1.